The molecule has 2 atom stereocenters. The van der Waals surface area contributed by atoms with Crippen molar-refractivity contribution in [2.75, 3.05) is 13.2 Å². The van der Waals surface area contributed by atoms with Crippen LogP contribution in [0.25, 0.3) is 0 Å². The van der Waals surface area contributed by atoms with Crippen molar-refractivity contribution >= 4 is 12.4 Å². The molecule has 0 radical (unpaired) electrons. The Bertz CT molecular complexity index is 1260. The van der Waals surface area contributed by atoms with Gasteiger partial charge in [-0.2, -0.15) is 0 Å². The number of rotatable bonds is 11. The molecule has 4 aromatic carbocycles. The van der Waals surface area contributed by atoms with Gasteiger partial charge in [0, 0.05) is 23.6 Å². The van der Waals surface area contributed by atoms with Gasteiger partial charge in [0.2, 0.25) is 0 Å². The third-order valence-corrected chi connectivity index (χ3v) is 5.99. The van der Waals surface area contributed by atoms with Crippen molar-refractivity contribution in [2.45, 2.75) is 25.9 Å². The maximum Gasteiger partial charge on any atom is 0.166 e. The molecular weight excluding hydrogens is 476 g/mol. The molecule has 6 heteroatoms. The number of hydrogen-bond donors (Lipinski definition) is 2. The highest BCUT2D eigenvalue weighted by Gasteiger charge is 2.24. The van der Waals surface area contributed by atoms with Crippen LogP contribution in [-0.4, -0.2) is 35.9 Å². The van der Waals surface area contributed by atoms with Crippen LogP contribution in [0.1, 0.15) is 48.2 Å². The van der Waals surface area contributed by atoms with E-state index in [1.54, 1.807) is 36.7 Å². The fourth-order valence-corrected chi connectivity index (χ4v) is 4.15. The maximum atomic E-state index is 10.7. The predicted octanol–water partition coefficient (Wildman–Crippen LogP) is 6.92. The SMILES string of the molecule is CCOc1cccc(C=N[C@H](c2ccccc2)[C@H](N=Cc2cccc(OCC)c2O)c2ccccc2)c1O. The number of benzene rings is 4. The Morgan fingerprint density at radius 1 is 0.579 bits per heavy atom. The van der Waals surface area contributed by atoms with E-state index in [0.717, 1.165) is 11.1 Å². The molecule has 38 heavy (non-hydrogen) atoms. The van der Waals surface area contributed by atoms with E-state index in [1.165, 1.54) is 0 Å². The summed E-state index contributed by atoms with van der Waals surface area (Å²) in [5, 5.41) is 21.5. The van der Waals surface area contributed by atoms with Crippen LogP contribution in [0.3, 0.4) is 0 Å². The van der Waals surface area contributed by atoms with E-state index < -0.39 is 12.1 Å². The maximum absolute atomic E-state index is 10.7. The van der Waals surface area contributed by atoms with Gasteiger partial charge in [-0.15, -0.1) is 0 Å². The summed E-state index contributed by atoms with van der Waals surface area (Å²) in [5.41, 5.74) is 3.02. The van der Waals surface area contributed by atoms with Crippen molar-refractivity contribution in [3.8, 4) is 23.0 Å². The summed E-state index contributed by atoms with van der Waals surface area (Å²) in [7, 11) is 0. The van der Waals surface area contributed by atoms with Gasteiger partial charge in [0.05, 0.1) is 13.2 Å². The monoisotopic (exact) mass is 508 g/mol. The largest absolute Gasteiger partial charge is 0.504 e. The second kappa shape index (κ2) is 13.1. The second-order valence-electron chi connectivity index (χ2n) is 8.52. The van der Waals surface area contributed by atoms with Crippen molar-refractivity contribution in [3.05, 3.63) is 119 Å². The van der Waals surface area contributed by atoms with E-state index in [9.17, 15) is 10.2 Å². The second-order valence-corrected chi connectivity index (χ2v) is 8.52. The van der Waals surface area contributed by atoms with Gasteiger partial charge in [0.1, 0.15) is 12.1 Å². The molecule has 0 saturated carbocycles. The first kappa shape index (κ1) is 26.5. The highest BCUT2D eigenvalue weighted by Crippen LogP contribution is 2.37. The summed E-state index contributed by atoms with van der Waals surface area (Å²) in [6, 6.07) is 29.7. The summed E-state index contributed by atoms with van der Waals surface area (Å²) in [5.74, 6) is 0.912. The number of ether oxygens (including phenoxy) is 2. The lowest BCUT2D eigenvalue weighted by molar-refractivity contribution is 0.318. The molecule has 6 nitrogen and oxygen atoms in total. The van der Waals surface area contributed by atoms with Crippen molar-refractivity contribution in [3.63, 3.8) is 0 Å². The third-order valence-electron chi connectivity index (χ3n) is 5.99. The average Bonchev–Trinajstić information content (AvgIpc) is 2.95. The smallest absolute Gasteiger partial charge is 0.166 e. The van der Waals surface area contributed by atoms with Crippen LogP contribution in [0, 0.1) is 0 Å². The zero-order chi connectivity index (χ0) is 26.7. The van der Waals surface area contributed by atoms with Crippen molar-refractivity contribution in [1.29, 1.82) is 0 Å². The van der Waals surface area contributed by atoms with Crippen LogP contribution in [-0.2, 0) is 0 Å². The van der Waals surface area contributed by atoms with E-state index in [4.69, 9.17) is 19.5 Å². The normalized spacial score (nSPS) is 13.0. The number of phenolic OH excluding ortho intramolecular Hbond substituents is 2. The summed E-state index contributed by atoms with van der Waals surface area (Å²) in [4.78, 5) is 9.89. The first-order chi connectivity index (χ1) is 18.6. The van der Waals surface area contributed by atoms with Crippen LogP contribution in [0.4, 0.5) is 0 Å². The minimum atomic E-state index is -0.415. The highest BCUT2D eigenvalue weighted by atomic mass is 16.5. The van der Waals surface area contributed by atoms with Gasteiger partial charge in [0.15, 0.2) is 23.0 Å². The van der Waals surface area contributed by atoms with Gasteiger partial charge in [-0.1, -0.05) is 72.8 Å². The van der Waals surface area contributed by atoms with Crippen molar-refractivity contribution in [1.82, 2.24) is 0 Å². The van der Waals surface area contributed by atoms with Crippen molar-refractivity contribution < 1.29 is 19.7 Å². The predicted molar refractivity (Wildman–Crippen MR) is 152 cm³/mol. The summed E-state index contributed by atoms with van der Waals surface area (Å²) in [6.07, 6.45) is 3.32. The molecule has 0 aliphatic carbocycles. The summed E-state index contributed by atoms with van der Waals surface area (Å²) < 4.78 is 11.1. The Hall–Kier alpha value is -4.58. The van der Waals surface area contributed by atoms with Crippen LogP contribution >= 0.6 is 0 Å². The molecule has 0 saturated heterocycles. The molecule has 194 valence electrons. The van der Waals surface area contributed by atoms with Gasteiger partial charge < -0.3 is 19.7 Å². The number of aliphatic imine (C=N–C) groups is 2. The van der Waals surface area contributed by atoms with E-state index in [0.29, 0.717) is 35.8 Å². The quantitative estimate of drug-likeness (QED) is 0.216. The first-order valence-electron chi connectivity index (χ1n) is 12.7. The molecule has 0 heterocycles. The molecule has 4 aromatic rings. The Morgan fingerprint density at radius 2 is 0.974 bits per heavy atom. The Morgan fingerprint density at radius 3 is 1.34 bits per heavy atom. The van der Waals surface area contributed by atoms with Crippen LogP contribution in [0.15, 0.2) is 107 Å². The lowest BCUT2D eigenvalue weighted by atomic mass is 9.94. The molecule has 0 aromatic heterocycles. The standard InChI is InChI=1S/C32H32N2O4/c1-3-37-27-19-11-17-25(31(27)35)21-33-29(23-13-7-5-8-14-23)30(24-15-9-6-10-16-24)34-22-26-18-12-20-28(32(26)36)38-4-2/h5-22,29-30,35-36H,3-4H2,1-2H3/t29-,30-/m1/s1. The summed E-state index contributed by atoms with van der Waals surface area (Å²) in [6.45, 7) is 4.64. The number of phenols is 2. The molecule has 0 bridgehead atoms. The third kappa shape index (κ3) is 6.40. The Labute approximate surface area is 223 Å². The van der Waals surface area contributed by atoms with Crippen molar-refractivity contribution in [2.24, 2.45) is 9.98 Å². The molecule has 0 aliphatic rings. The minimum Gasteiger partial charge on any atom is -0.504 e. The van der Waals surface area contributed by atoms with E-state index in [-0.39, 0.29) is 11.5 Å². The van der Waals surface area contributed by atoms with Gasteiger partial charge in [0.25, 0.3) is 0 Å². The molecule has 2 N–H and O–H groups in total. The number of hydrogen-bond acceptors (Lipinski definition) is 6. The average molecular weight is 509 g/mol. The number of nitrogens with zero attached hydrogens (tertiary/aromatic N) is 2. The van der Waals surface area contributed by atoms with Crippen LogP contribution < -0.4 is 9.47 Å². The fourth-order valence-electron chi connectivity index (χ4n) is 4.15. The molecule has 0 fully saturated rings. The van der Waals surface area contributed by atoms with E-state index in [2.05, 4.69) is 0 Å². The molecule has 0 unspecified atom stereocenters. The zero-order valence-corrected chi connectivity index (χ0v) is 21.6. The molecule has 0 amide bonds. The van der Waals surface area contributed by atoms with E-state index in [1.807, 2.05) is 86.6 Å². The lowest BCUT2D eigenvalue weighted by Gasteiger charge is -2.22. The molecule has 0 aliphatic heterocycles. The molecular formula is C32H32N2O4. The first-order valence-corrected chi connectivity index (χ1v) is 12.7. The van der Waals surface area contributed by atoms with Gasteiger partial charge in [-0.3, -0.25) is 9.98 Å². The van der Waals surface area contributed by atoms with Gasteiger partial charge >= 0.3 is 0 Å². The lowest BCUT2D eigenvalue weighted by Crippen LogP contribution is -2.09. The van der Waals surface area contributed by atoms with Gasteiger partial charge in [-0.05, 0) is 49.2 Å². The molecule has 0 spiro atoms. The van der Waals surface area contributed by atoms with Crippen LogP contribution in [0.5, 0.6) is 23.0 Å². The number of para-hydroxylation sites is 2. The Kier molecular flexibility index (Phi) is 9.13. The highest BCUT2D eigenvalue weighted by molar-refractivity contribution is 5.86. The zero-order valence-electron chi connectivity index (χ0n) is 21.6. The minimum absolute atomic E-state index is 0.0438. The molecule has 4 rings (SSSR count). The van der Waals surface area contributed by atoms with Gasteiger partial charge in [-0.25, -0.2) is 0 Å². The summed E-state index contributed by atoms with van der Waals surface area (Å²) >= 11 is 0. The Balaban J connectivity index is 1.79. The number of aromatic hydroxyl groups is 2. The van der Waals surface area contributed by atoms with Crippen LogP contribution in [0.2, 0.25) is 0 Å². The topological polar surface area (TPSA) is 83.6 Å². The van der Waals surface area contributed by atoms with E-state index >= 15 is 0 Å². The fraction of sp³-hybridized carbons (Fsp3) is 0.188.